The molecule has 0 spiro atoms. The predicted molar refractivity (Wildman–Crippen MR) is 59.9 cm³/mol. The third-order valence-corrected chi connectivity index (χ3v) is 2.25. The molecule has 0 radical (unpaired) electrons. The number of halogens is 3. The monoisotopic (exact) mass is 295 g/mol. The van der Waals surface area contributed by atoms with E-state index in [-0.39, 0.29) is 17.8 Å². The van der Waals surface area contributed by atoms with E-state index in [4.69, 9.17) is 14.3 Å². The largest absolute Gasteiger partial charge is 0.490 e. The second kappa shape index (κ2) is 6.37. The molecule has 20 heavy (non-hydrogen) atoms. The van der Waals surface area contributed by atoms with Gasteiger partial charge in [-0.3, -0.25) is 10.1 Å². The highest BCUT2D eigenvalue weighted by Gasteiger charge is 2.38. The molecule has 1 fully saturated rings. The number of aryl methyl sites for hydroxylation is 1. The minimum Gasteiger partial charge on any atom is -0.475 e. The molecule has 3 N–H and O–H groups in total. The first-order chi connectivity index (χ1) is 9.20. The van der Waals surface area contributed by atoms with Gasteiger partial charge in [0.15, 0.2) is 0 Å². The third kappa shape index (κ3) is 4.88. The number of aliphatic carboxylic acids is 1. The Kier molecular flexibility index (Phi) is 5.08. The minimum absolute atomic E-state index is 0.0272. The lowest BCUT2D eigenvalue weighted by atomic mass is 10.0. The summed E-state index contributed by atoms with van der Waals surface area (Å²) in [6.45, 7) is 3.27. The predicted octanol–water partition coefficient (Wildman–Crippen LogP) is 0.774. The van der Waals surface area contributed by atoms with Gasteiger partial charge >= 0.3 is 18.2 Å². The smallest absolute Gasteiger partial charge is 0.475 e. The molecule has 0 atom stereocenters. The fourth-order valence-electron chi connectivity index (χ4n) is 1.09. The first kappa shape index (κ1) is 16.0. The molecule has 10 heteroatoms. The van der Waals surface area contributed by atoms with Gasteiger partial charge in [0.2, 0.25) is 5.91 Å². The van der Waals surface area contributed by atoms with Crippen LogP contribution in [0.3, 0.4) is 0 Å². The van der Waals surface area contributed by atoms with E-state index in [0.29, 0.717) is 5.76 Å². The molecule has 1 aromatic rings. The van der Waals surface area contributed by atoms with Gasteiger partial charge in [0.1, 0.15) is 5.76 Å². The van der Waals surface area contributed by atoms with E-state index >= 15 is 0 Å². The van der Waals surface area contributed by atoms with E-state index < -0.39 is 12.1 Å². The van der Waals surface area contributed by atoms with E-state index in [9.17, 15) is 18.0 Å². The average molecular weight is 295 g/mol. The van der Waals surface area contributed by atoms with E-state index in [1.807, 2.05) is 0 Å². The number of carboxylic acids is 1. The molecule has 0 aliphatic carbocycles. The van der Waals surface area contributed by atoms with Crippen molar-refractivity contribution in [3.8, 4) is 0 Å². The maximum Gasteiger partial charge on any atom is 0.490 e. The van der Waals surface area contributed by atoms with Crippen molar-refractivity contribution in [2.75, 3.05) is 18.4 Å². The van der Waals surface area contributed by atoms with Crippen LogP contribution < -0.4 is 10.6 Å². The van der Waals surface area contributed by atoms with Crippen molar-refractivity contribution in [1.29, 1.82) is 0 Å². The molecular weight excluding hydrogens is 283 g/mol. The molecule has 0 aromatic carbocycles. The molecule has 2 heterocycles. The number of rotatable bonds is 2. The number of anilines is 1. The fourth-order valence-corrected chi connectivity index (χ4v) is 1.09. The normalized spacial score (nSPS) is 14.8. The summed E-state index contributed by atoms with van der Waals surface area (Å²) in [6.07, 6.45) is -3.51. The number of carbonyl (C=O) groups excluding carboxylic acids is 1. The summed E-state index contributed by atoms with van der Waals surface area (Å²) in [6, 6.07) is 0.286. The lowest BCUT2D eigenvalue weighted by Gasteiger charge is -2.24. The summed E-state index contributed by atoms with van der Waals surface area (Å²) in [4.78, 5) is 24.1. The Bertz CT molecular complexity index is 482. The second-order valence-corrected chi connectivity index (χ2v) is 3.92. The van der Waals surface area contributed by atoms with Gasteiger partial charge < -0.3 is 14.8 Å². The van der Waals surface area contributed by atoms with Gasteiger partial charge in [-0.25, -0.2) is 9.78 Å². The number of alkyl halides is 3. The highest BCUT2D eigenvalue weighted by molar-refractivity contribution is 5.91. The molecule has 7 nitrogen and oxygen atoms in total. The summed E-state index contributed by atoms with van der Waals surface area (Å²) in [5.74, 6) is -2.03. The van der Waals surface area contributed by atoms with Crippen LogP contribution >= 0.6 is 0 Å². The van der Waals surface area contributed by atoms with Crippen LogP contribution in [0.2, 0.25) is 0 Å². The van der Waals surface area contributed by atoms with Crippen molar-refractivity contribution in [2.45, 2.75) is 13.1 Å². The van der Waals surface area contributed by atoms with Crippen molar-refractivity contribution in [2.24, 2.45) is 5.92 Å². The summed E-state index contributed by atoms with van der Waals surface area (Å²) in [5.41, 5.74) is 0. The number of carbonyl (C=O) groups is 2. The number of carboxylic acid groups (broad SMARTS) is 1. The minimum atomic E-state index is -5.08. The van der Waals surface area contributed by atoms with E-state index in [2.05, 4.69) is 15.6 Å². The molecule has 1 aliphatic heterocycles. The number of hydrogen-bond donors (Lipinski definition) is 3. The van der Waals surface area contributed by atoms with Gasteiger partial charge in [0.05, 0.1) is 12.1 Å². The first-order valence-electron chi connectivity index (χ1n) is 5.44. The summed E-state index contributed by atoms with van der Waals surface area (Å²) in [5, 5.41) is 12.8. The third-order valence-electron chi connectivity index (χ3n) is 2.25. The molecule has 0 bridgehead atoms. The van der Waals surface area contributed by atoms with Gasteiger partial charge in [-0.05, 0) is 6.92 Å². The van der Waals surface area contributed by atoms with Crippen molar-refractivity contribution in [3.05, 3.63) is 12.0 Å². The van der Waals surface area contributed by atoms with E-state index in [1.54, 1.807) is 13.1 Å². The van der Waals surface area contributed by atoms with Gasteiger partial charge in [0.25, 0.3) is 0 Å². The molecular formula is C10H12F3N3O4. The number of aromatic nitrogens is 1. The highest BCUT2D eigenvalue weighted by atomic mass is 19.4. The second-order valence-electron chi connectivity index (χ2n) is 3.92. The maximum atomic E-state index is 11.4. The van der Waals surface area contributed by atoms with Gasteiger partial charge in [-0.1, -0.05) is 0 Å². The zero-order valence-corrected chi connectivity index (χ0v) is 10.3. The highest BCUT2D eigenvalue weighted by Crippen LogP contribution is 2.13. The van der Waals surface area contributed by atoms with Crippen molar-refractivity contribution < 1.29 is 32.3 Å². The SMILES string of the molecule is Cc1cnc(NC(=O)C2CNC2)o1.O=C(O)C(F)(F)F. The Labute approximate surface area is 111 Å². The van der Waals surface area contributed by atoms with Crippen molar-refractivity contribution in [1.82, 2.24) is 10.3 Å². The Hall–Kier alpha value is -2.10. The molecule has 0 unspecified atom stereocenters. The van der Waals surface area contributed by atoms with Gasteiger partial charge in [0, 0.05) is 13.1 Å². The van der Waals surface area contributed by atoms with Gasteiger partial charge in [-0.15, -0.1) is 0 Å². The average Bonchev–Trinajstić information content (AvgIpc) is 2.60. The number of amides is 1. The van der Waals surface area contributed by atoms with Crippen molar-refractivity contribution in [3.63, 3.8) is 0 Å². The molecule has 112 valence electrons. The lowest BCUT2D eigenvalue weighted by Crippen LogP contribution is -2.48. The van der Waals surface area contributed by atoms with Crippen LogP contribution in [0.25, 0.3) is 0 Å². The zero-order chi connectivity index (χ0) is 15.3. The summed E-state index contributed by atoms with van der Waals surface area (Å²) >= 11 is 0. The molecule has 0 saturated carbocycles. The summed E-state index contributed by atoms with van der Waals surface area (Å²) < 4.78 is 36.8. The molecule has 1 amide bonds. The van der Waals surface area contributed by atoms with Crippen LogP contribution in [-0.2, 0) is 9.59 Å². The van der Waals surface area contributed by atoms with Crippen LogP contribution in [0.4, 0.5) is 19.2 Å². The molecule has 1 saturated heterocycles. The Morgan fingerprint density at radius 1 is 1.50 bits per heavy atom. The lowest BCUT2D eigenvalue weighted by molar-refractivity contribution is -0.192. The van der Waals surface area contributed by atoms with E-state index in [0.717, 1.165) is 13.1 Å². The number of nitrogens with one attached hydrogen (secondary N) is 2. The molecule has 1 aliphatic rings. The van der Waals surface area contributed by atoms with Crippen molar-refractivity contribution >= 4 is 17.9 Å². The number of nitrogens with zero attached hydrogens (tertiary/aromatic N) is 1. The van der Waals surface area contributed by atoms with Gasteiger partial charge in [-0.2, -0.15) is 13.2 Å². The van der Waals surface area contributed by atoms with Crippen LogP contribution in [0.5, 0.6) is 0 Å². The van der Waals surface area contributed by atoms with Crippen LogP contribution in [0, 0.1) is 12.8 Å². The van der Waals surface area contributed by atoms with Crippen LogP contribution in [0.1, 0.15) is 5.76 Å². The number of hydrogen-bond acceptors (Lipinski definition) is 5. The first-order valence-corrected chi connectivity index (χ1v) is 5.44. The standard InChI is InChI=1S/C8H11N3O2.C2HF3O2/c1-5-2-10-8(13-5)11-7(12)6-3-9-4-6;3-2(4,5)1(6)7/h2,6,9H,3-4H2,1H3,(H,10,11,12);(H,6,7). The number of oxazole rings is 1. The quantitative estimate of drug-likeness (QED) is 0.744. The fraction of sp³-hybridized carbons (Fsp3) is 0.500. The maximum absolute atomic E-state index is 11.4. The van der Waals surface area contributed by atoms with Crippen LogP contribution in [0.15, 0.2) is 10.6 Å². The Morgan fingerprint density at radius 2 is 2.05 bits per heavy atom. The van der Waals surface area contributed by atoms with E-state index in [1.165, 1.54) is 0 Å². The zero-order valence-electron chi connectivity index (χ0n) is 10.3. The Balaban J connectivity index is 0.000000246. The van der Waals surface area contributed by atoms with Crippen LogP contribution in [-0.4, -0.2) is 41.2 Å². The molecule has 1 aromatic heterocycles. The summed E-state index contributed by atoms with van der Waals surface area (Å²) in [7, 11) is 0. The Morgan fingerprint density at radius 3 is 2.35 bits per heavy atom. The topological polar surface area (TPSA) is 104 Å². The molecule has 2 rings (SSSR count).